The van der Waals surface area contributed by atoms with Gasteiger partial charge in [-0.2, -0.15) is 0 Å². The van der Waals surface area contributed by atoms with Crippen molar-refractivity contribution in [2.24, 2.45) is 5.73 Å². The first-order chi connectivity index (χ1) is 8.29. The monoisotopic (exact) mass is 238 g/mol. The third kappa shape index (κ3) is 4.56. The van der Waals surface area contributed by atoms with Crippen LogP contribution < -0.4 is 15.8 Å². The van der Waals surface area contributed by atoms with Crippen molar-refractivity contribution < 1.29 is 4.74 Å². The number of methoxy groups -OCH3 is 1. The van der Waals surface area contributed by atoms with Crippen LogP contribution >= 0.6 is 0 Å². The average molecular weight is 238 g/mol. The number of hydrogen-bond donors (Lipinski definition) is 2. The van der Waals surface area contributed by atoms with Crippen molar-refractivity contribution in [3.63, 3.8) is 0 Å². The maximum Gasteiger partial charge on any atom is 0.221 e. The number of nitrogens with zero attached hydrogens (tertiary/aromatic N) is 2. The van der Waals surface area contributed by atoms with Gasteiger partial charge in [-0.15, -0.1) is 0 Å². The Kier molecular flexibility index (Phi) is 6.32. The summed E-state index contributed by atoms with van der Waals surface area (Å²) in [6.45, 7) is 3.66. The van der Waals surface area contributed by atoms with E-state index in [-0.39, 0.29) is 0 Å². The molecule has 0 aliphatic carbocycles. The molecule has 1 heterocycles. The third-order valence-electron chi connectivity index (χ3n) is 2.65. The van der Waals surface area contributed by atoms with Crippen molar-refractivity contribution in [2.45, 2.75) is 32.6 Å². The molecule has 1 rings (SSSR count). The van der Waals surface area contributed by atoms with Gasteiger partial charge in [0.2, 0.25) is 5.88 Å². The number of unbranched alkanes of at least 4 members (excludes halogenated alkanes) is 3. The fraction of sp³-hybridized carbons (Fsp3) is 0.667. The molecule has 0 fully saturated rings. The molecule has 0 aromatic carbocycles. The van der Waals surface area contributed by atoms with Gasteiger partial charge >= 0.3 is 0 Å². The summed E-state index contributed by atoms with van der Waals surface area (Å²) in [5.74, 6) is 1.49. The second-order valence-electron chi connectivity index (χ2n) is 3.99. The Morgan fingerprint density at radius 1 is 1.24 bits per heavy atom. The van der Waals surface area contributed by atoms with Gasteiger partial charge in [-0.3, -0.25) is 0 Å². The van der Waals surface area contributed by atoms with Gasteiger partial charge in [0.1, 0.15) is 12.1 Å². The predicted molar refractivity (Wildman–Crippen MR) is 69.3 cm³/mol. The smallest absolute Gasteiger partial charge is 0.221 e. The zero-order chi connectivity index (χ0) is 12.5. The molecular formula is C12H22N4O. The molecule has 17 heavy (non-hydrogen) atoms. The molecule has 5 nitrogen and oxygen atoms in total. The van der Waals surface area contributed by atoms with Crippen LogP contribution in [0.4, 0.5) is 5.82 Å². The van der Waals surface area contributed by atoms with E-state index in [0.29, 0.717) is 5.88 Å². The molecule has 3 N–H and O–H groups in total. The number of anilines is 1. The largest absolute Gasteiger partial charge is 0.481 e. The van der Waals surface area contributed by atoms with E-state index in [2.05, 4.69) is 15.3 Å². The lowest BCUT2D eigenvalue weighted by Gasteiger charge is -2.10. The van der Waals surface area contributed by atoms with Crippen LogP contribution in [0.25, 0.3) is 0 Å². The van der Waals surface area contributed by atoms with Crippen LogP contribution in [0.5, 0.6) is 5.88 Å². The average Bonchev–Trinajstić information content (AvgIpc) is 2.35. The Labute approximate surface area is 103 Å². The lowest BCUT2D eigenvalue weighted by Crippen LogP contribution is -2.07. The lowest BCUT2D eigenvalue weighted by molar-refractivity contribution is 0.393. The Hall–Kier alpha value is -1.36. The molecule has 1 aromatic heterocycles. The van der Waals surface area contributed by atoms with E-state index in [1.807, 2.05) is 6.92 Å². The molecule has 0 spiro atoms. The molecular weight excluding hydrogens is 216 g/mol. The first-order valence-electron chi connectivity index (χ1n) is 6.09. The molecule has 0 amide bonds. The number of rotatable bonds is 8. The zero-order valence-corrected chi connectivity index (χ0v) is 10.7. The van der Waals surface area contributed by atoms with Gasteiger partial charge in [0, 0.05) is 6.54 Å². The summed E-state index contributed by atoms with van der Waals surface area (Å²) < 4.78 is 5.14. The second-order valence-corrected chi connectivity index (χ2v) is 3.99. The summed E-state index contributed by atoms with van der Waals surface area (Å²) in [4.78, 5) is 8.24. The van der Waals surface area contributed by atoms with Crippen LogP contribution in [0.1, 0.15) is 31.2 Å². The van der Waals surface area contributed by atoms with E-state index >= 15 is 0 Å². The fourth-order valence-corrected chi connectivity index (χ4v) is 1.65. The summed E-state index contributed by atoms with van der Waals surface area (Å²) >= 11 is 0. The number of nitrogens with two attached hydrogens (primary N) is 1. The molecule has 96 valence electrons. The minimum absolute atomic E-state index is 0.630. The van der Waals surface area contributed by atoms with Gasteiger partial charge in [-0.05, 0) is 26.3 Å². The van der Waals surface area contributed by atoms with E-state index < -0.39 is 0 Å². The molecule has 0 aliphatic rings. The first kappa shape index (κ1) is 13.7. The van der Waals surface area contributed by atoms with Crippen molar-refractivity contribution in [3.05, 3.63) is 11.9 Å². The van der Waals surface area contributed by atoms with Crippen molar-refractivity contribution in [2.75, 3.05) is 25.5 Å². The quantitative estimate of drug-likeness (QED) is 0.675. The number of hydrogen-bond acceptors (Lipinski definition) is 5. The molecule has 0 aliphatic heterocycles. The van der Waals surface area contributed by atoms with Crippen LogP contribution in [-0.4, -0.2) is 30.2 Å². The topological polar surface area (TPSA) is 73.1 Å². The van der Waals surface area contributed by atoms with Crippen LogP contribution in [0.2, 0.25) is 0 Å². The summed E-state index contributed by atoms with van der Waals surface area (Å²) in [6, 6.07) is 0. The number of aromatic nitrogens is 2. The molecule has 0 bridgehead atoms. The Morgan fingerprint density at radius 3 is 2.71 bits per heavy atom. The Morgan fingerprint density at radius 2 is 2.00 bits per heavy atom. The van der Waals surface area contributed by atoms with Gasteiger partial charge in [0.05, 0.1) is 12.7 Å². The maximum absolute atomic E-state index is 5.44. The molecule has 0 radical (unpaired) electrons. The fourth-order valence-electron chi connectivity index (χ4n) is 1.65. The second kappa shape index (κ2) is 7.84. The van der Waals surface area contributed by atoms with Gasteiger partial charge in [-0.25, -0.2) is 9.97 Å². The van der Waals surface area contributed by atoms with E-state index in [1.54, 1.807) is 7.11 Å². The summed E-state index contributed by atoms with van der Waals surface area (Å²) in [5.41, 5.74) is 6.40. The highest BCUT2D eigenvalue weighted by Crippen LogP contribution is 2.19. The van der Waals surface area contributed by atoms with Crippen LogP contribution in [-0.2, 0) is 0 Å². The Bertz CT molecular complexity index is 330. The molecule has 0 saturated heterocycles. The molecule has 0 atom stereocenters. The highest BCUT2D eigenvalue weighted by molar-refractivity contribution is 5.47. The Balaban J connectivity index is 2.31. The minimum Gasteiger partial charge on any atom is -0.481 e. The van der Waals surface area contributed by atoms with Crippen molar-refractivity contribution in [3.8, 4) is 5.88 Å². The normalized spacial score (nSPS) is 10.3. The van der Waals surface area contributed by atoms with Gasteiger partial charge in [-0.1, -0.05) is 12.8 Å². The summed E-state index contributed by atoms with van der Waals surface area (Å²) in [6.07, 6.45) is 6.16. The van der Waals surface area contributed by atoms with Gasteiger partial charge in [0.25, 0.3) is 0 Å². The van der Waals surface area contributed by atoms with Crippen LogP contribution in [0.3, 0.4) is 0 Å². The van der Waals surface area contributed by atoms with Crippen LogP contribution in [0.15, 0.2) is 6.33 Å². The van der Waals surface area contributed by atoms with E-state index in [1.165, 1.54) is 19.2 Å². The zero-order valence-electron chi connectivity index (χ0n) is 10.7. The van der Waals surface area contributed by atoms with Crippen molar-refractivity contribution >= 4 is 5.82 Å². The standard InChI is InChI=1S/C12H22N4O/c1-10-11(15-9-16-12(10)17-2)14-8-6-4-3-5-7-13/h9H,3-8,13H2,1-2H3,(H,14,15,16). The van der Waals surface area contributed by atoms with Crippen molar-refractivity contribution in [1.29, 1.82) is 0 Å². The number of ether oxygens (including phenoxy) is 1. The molecule has 1 aromatic rings. The van der Waals surface area contributed by atoms with Gasteiger partial charge in [0.15, 0.2) is 0 Å². The minimum atomic E-state index is 0.630. The lowest BCUT2D eigenvalue weighted by atomic mass is 10.2. The van der Waals surface area contributed by atoms with E-state index in [0.717, 1.165) is 37.3 Å². The predicted octanol–water partition coefficient (Wildman–Crippen LogP) is 1.72. The van der Waals surface area contributed by atoms with E-state index in [4.69, 9.17) is 10.5 Å². The third-order valence-corrected chi connectivity index (χ3v) is 2.65. The summed E-state index contributed by atoms with van der Waals surface area (Å²) in [5, 5.41) is 3.30. The highest BCUT2D eigenvalue weighted by atomic mass is 16.5. The van der Waals surface area contributed by atoms with Gasteiger partial charge < -0.3 is 15.8 Å². The molecule has 0 unspecified atom stereocenters. The van der Waals surface area contributed by atoms with Crippen molar-refractivity contribution in [1.82, 2.24) is 9.97 Å². The number of nitrogens with one attached hydrogen (secondary N) is 1. The maximum atomic E-state index is 5.44. The highest BCUT2D eigenvalue weighted by Gasteiger charge is 2.05. The first-order valence-corrected chi connectivity index (χ1v) is 6.09. The summed E-state index contributed by atoms with van der Waals surface area (Å²) in [7, 11) is 1.62. The molecule has 5 heteroatoms. The van der Waals surface area contributed by atoms with Crippen LogP contribution in [0, 0.1) is 6.92 Å². The van der Waals surface area contributed by atoms with E-state index in [9.17, 15) is 0 Å². The SMILES string of the molecule is COc1ncnc(NCCCCCCN)c1C. The molecule has 0 saturated carbocycles.